The lowest BCUT2D eigenvalue weighted by atomic mass is 10.2. The number of hydrogen-bond acceptors (Lipinski definition) is 3. The number of aromatic amines is 1. The maximum absolute atomic E-state index is 12.2. The third-order valence-electron chi connectivity index (χ3n) is 3.15. The quantitative estimate of drug-likeness (QED) is 0.852. The van der Waals surface area contributed by atoms with Crippen LogP contribution in [-0.2, 0) is 4.79 Å². The molecule has 0 saturated heterocycles. The van der Waals surface area contributed by atoms with Gasteiger partial charge in [-0.2, -0.15) is 0 Å². The minimum absolute atomic E-state index is 0.0426. The molecular weight excluding hydrogens is 272 g/mol. The van der Waals surface area contributed by atoms with Crippen LogP contribution in [0.5, 0.6) is 0 Å². The van der Waals surface area contributed by atoms with E-state index in [9.17, 15) is 4.79 Å². The summed E-state index contributed by atoms with van der Waals surface area (Å²) in [6, 6.07) is 3.47. The molecule has 0 spiro atoms. The molecule has 108 valence electrons. The molecule has 2 aromatic rings. The van der Waals surface area contributed by atoms with Crippen LogP contribution in [-0.4, -0.2) is 27.0 Å². The molecule has 1 unspecified atom stereocenters. The summed E-state index contributed by atoms with van der Waals surface area (Å²) in [7, 11) is 0. The number of H-pyrrole nitrogens is 1. The molecule has 5 nitrogen and oxygen atoms in total. The smallest absolute Gasteiger partial charge is 0.242 e. The monoisotopic (exact) mass is 292 g/mol. The van der Waals surface area contributed by atoms with Gasteiger partial charge in [0.05, 0.1) is 5.52 Å². The first-order valence-electron chi connectivity index (χ1n) is 6.75. The number of nitrogens with one attached hydrogen (secondary N) is 2. The highest BCUT2D eigenvalue weighted by Gasteiger charge is 2.19. The Morgan fingerprint density at radius 1 is 1.45 bits per heavy atom. The van der Waals surface area contributed by atoms with E-state index in [4.69, 9.17) is 12.2 Å². The molecule has 0 fully saturated rings. The molecule has 0 aromatic carbocycles. The molecule has 2 rings (SSSR count). The molecule has 0 aliphatic rings. The van der Waals surface area contributed by atoms with E-state index in [1.807, 2.05) is 26.0 Å². The van der Waals surface area contributed by atoms with Crippen LogP contribution in [0, 0.1) is 17.6 Å². The van der Waals surface area contributed by atoms with Gasteiger partial charge in [-0.1, -0.05) is 13.8 Å². The van der Waals surface area contributed by atoms with Gasteiger partial charge in [-0.25, -0.2) is 4.98 Å². The lowest BCUT2D eigenvalue weighted by Crippen LogP contribution is -2.33. The number of fused-ring (bicyclic) bond motifs is 1. The van der Waals surface area contributed by atoms with Gasteiger partial charge in [-0.15, -0.1) is 0 Å². The van der Waals surface area contributed by atoms with Crippen molar-refractivity contribution in [1.82, 2.24) is 19.9 Å². The zero-order valence-electron chi connectivity index (χ0n) is 12.2. The Bertz CT molecular complexity index is 686. The van der Waals surface area contributed by atoms with Gasteiger partial charge in [0.2, 0.25) is 5.91 Å². The fourth-order valence-corrected chi connectivity index (χ4v) is 2.38. The Morgan fingerprint density at radius 2 is 2.15 bits per heavy atom. The van der Waals surface area contributed by atoms with Gasteiger partial charge in [0.15, 0.2) is 10.4 Å². The summed E-state index contributed by atoms with van der Waals surface area (Å²) < 4.78 is 2.29. The average molecular weight is 292 g/mol. The number of carbonyl (C=O) groups excluding carboxylic acids is 1. The van der Waals surface area contributed by atoms with Crippen LogP contribution in [0.15, 0.2) is 12.1 Å². The SMILES string of the molecule is Cc1ccc2[nH]c(=S)n(C(C)C(=O)NCC(C)C)c2n1. The predicted octanol–water partition coefficient (Wildman–Crippen LogP) is 2.74. The number of imidazole rings is 1. The topological polar surface area (TPSA) is 62.7 Å². The maximum atomic E-state index is 12.2. The summed E-state index contributed by atoms with van der Waals surface area (Å²) in [6.07, 6.45) is 0. The molecule has 0 bridgehead atoms. The highest BCUT2D eigenvalue weighted by molar-refractivity contribution is 7.71. The van der Waals surface area contributed by atoms with Crippen molar-refractivity contribution in [2.24, 2.45) is 5.92 Å². The largest absolute Gasteiger partial charge is 0.354 e. The fraction of sp³-hybridized carbons (Fsp3) is 0.500. The Kier molecular flexibility index (Phi) is 4.23. The third-order valence-corrected chi connectivity index (χ3v) is 3.45. The first-order valence-corrected chi connectivity index (χ1v) is 7.16. The molecule has 2 aromatic heterocycles. The number of aryl methyl sites for hydroxylation is 1. The summed E-state index contributed by atoms with van der Waals surface area (Å²) in [5.41, 5.74) is 2.47. The van der Waals surface area contributed by atoms with Crippen molar-refractivity contribution in [3.63, 3.8) is 0 Å². The standard InChI is InChI=1S/C14H20N4OS/c1-8(2)7-15-13(19)10(4)18-12-11(17-14(18)20)6-5-9(3)16-12/h5-6,8,10H,7H2,1-4H3,(H,15,19)(H,17,20). The number of aromatic nitrogens is 3. The van der Waals surface area contributed by atoms with Crippen molar-refractivity contribution in [2.45, 2.75) is 33.7 Å². The minimum Gasteiger partial charge on any atom is -0.354 e. The molecule has 0 aliphatic heterocycles. The zero-order valence-corrected chi connectivity index (χ0v) is 13.0. The molecule has 0 saturated carbocycles. The summed E-state index contributed by atoms with van der Waals surface area (Å²) >= 11 is 5.31. The predicted molar refractivity (Wildman–Crippen MR) is 82.2 cm³/mol. The Hall–Kier alpha value is -1.69. The molecule has 1 atom stereocenters. The van der Waals surface area contributed by atoms with Crippen molar-refractivity contribution in [2.75, 3.05) is 6.54 Å². The summed E-state index contributed by atoms with van der Waals surface area (Å²) in [6.45, 7) is 8.54. The van der Waals surface area contributed by atoms with Crippen molar-refractivity contribution in [1.29, 1.82) is 0 Å². The molecular formula is C14H20N4OS. The van der Waals surface area contributed by atoms with Crippen LogP contribution in [0.4, 0.5) is 0 Å². The average Bonchev–Trinajstić information content (AvgIpc) is 2.70. The van der Waals surface area contributed by atoms with Gasteiger partial charge in [-0.3, -0.25) is 9.36 Å². The van der Waals surface area contributed by atoms with Gasteiger partial charge in [-0.05, 0) is 44.1 Å². The molecule has 20 heavy (non-hydrogen) atoms. The van der Waals surface area contributed by atoms with Crippen molar-refractivity contribution < 1.29 is 4.79 Å². The molecule has 0 aliphatic carbocycles. The molecule has 2 heterocycles. The molecule has 1 amide bonds. The van der Waals surface area contributed by atoms with E-state index >= 15 is 0 Å². The van der Waals surface area contributed by atoms with E-state index in [2.05, 4.69) is 29.1 Å². The van der Waals surface area contributed by atoms with Gasteiger partial charge >= 0.3 is 0 Å². The number of hydrogen-bond donors (Lipinski definition) is 2. The van der Waals surface area contributed by atoms with E-state index in [0.29, 0.717) is 17.2 Å². The molecule has 0 radical (unpaired) electrons. The van der Waals surface area contributed by atoms with Gasteiger partial charge < -0.3 is 10.3 Å². The normalized spacial score (nSPS) is 12.8. The first-order chi connectivity index (χ1) is 9.40. The highest BCUT2D eigenvalue weighted by atomic mass is 32.1. The second kappa shape index (κ2) is 5.75. The van der Waals surface area contributed by atoms with Crippen LogP contribution in [0.3, 0.4) is 0 Å². The van der Waals surface area contributed by atoms with E-state index in [0.717, 1.165) is 16.9 Å². The summed E-state index contributed by atoms with van der Waals surface area (Å²) in [4.78, 5) is 19.8. The minimum atomic E-state index is -0.385. The van der Waals surface area contributed by atoms with Crippen molar-refractivity contribution in [3.05, 3.63) is 22.6 Å². The van der Waals surface area contributed by atoms with E-state index in [1.165, 1.54) is 0 Å². The number of nitrogens with zero attached hydrogens (tertiary/aromatic N) is 2. The highest BCUT2D eigenvalue weighted by Crippen LogP contribution is 2.18. The van der Waals surface area contributed by atoms with E-state index in [-0.39, 0.29) is 11.9 Å². The Morgan fingerprint density at radius 3 is 2.80 bits per heavy atom. The van der Waals surface area contributed by atoms with Crippen LogP contribution in [0.2, 0.25) is 0 Å². The zero-order chi connectivity index (χ0) is 14.9. The lowest BCUT2D eigenvalue weighted by Gasteiger charge is -2.15. The van der Waals surface area contributed by atoms with Crippen molar-refractivity contribution in [3.8, 4) is 0 Å². The number of carbonyl (C=O) groups is 1. The summed E-state index contributed by atoms with van der Waals surface area (Å²) in [5, 5.41) is 2.93. The maximum Gasteiger partial charge on any atom is 0.242 e. The third kappa shape index (κ3) is 2.90. The molecule has 6 heteroatoms. The first kappa shape index (κ1) is 14.7. The number of rotatable bonds is 4. The lowest BCUT2D eigenvalue weighted by molar-refractivity contribution is -0.123. The second-order valence-electron chi connectivity index (χ2n) is 5.44. The fourth-order valence-electron chi connectivity index (χ4n) is 2.02. The van der Waals surface area contributed by atoms with Gasteiger partial charge in [0.1, 0.15) is 6.04 Å². The Balaban J connectivity index is 2.36. The van der Waals surface area contributed by atoms with Crippen molar-refractivity contribution >= 4 is 29.3 Å². The van der Waals surface area contributed by atoms with Crippen LogP contribution in [0.1, 0.15) is 32.5 Å². The number of pyridine rings is 1. The van der Waals surface area contributed by atoms with Crippen LogP contribution < -0.4 is 5.32 Å². The van der Waals surface area contributed by atoms with E-state index < -0.39 is 0 Å². The second-order valence-corrected chi connectivity index (χ2v) is 5.83. The van der Waals surface area contributed by atoms with Gasteiger partial charge in [0.25, 0.3) is 0 Å². The number of amides is 1. The molecule has 2 N–H and O–H groups in total. The van der Waals surface area contributed by atoms with Crippen LogP contribution >= 0.6 is 12.2 Å². The summed E-state index contributed by atoms with van der Waals surface area (Å²) in [5.74, 6) is 0.376. The van der Waals surface area contributed by atoms with E-state index in [1.54, 1.807) is 4.57 Å². The van der Waals surface area contributed by atoms with Gasteiger partial charge in [0, 0.05) is 12.2 Å². The van der Waals surface area contributed by atoms with Crippen LogP contribution in [0.25, 0.3) is 11.2 Å². The Labute approximate surface area is 123 Å².